The molecule has 1 aromatic carbocycles. The molecule has 1 unspecified atom stereocenters. The highest BCUT2D eigenvalue weighted by Gasteiger charge is 2.24. The minimum absolute atomic E-state index is 0.0293. The minimum atomic E-state index is -0.0293. The summed E-state index contributed by atoms with van der Waals surface area (Å²) in [6.45, 7) is 6.41. The zero-order valence-electron chi connectivity index (χ0n) is 16.3. The summed E-state index contributed by atoms with van der Waals surface area (Å²) < 4.78 is 5.63. The van der Waals surface area contributed by atoms with Crippen molar-refractivity contribution in [2.24, 2.45) is 0 Å². The lowest BCUT2D eigenvalue weighted by atomic mass is 10.2. The molecule has 7 nitrogen and oxygen atoms in total. The number of carbonyl (C=O) groups is 1. The molecule has 0 saturated carbocycles. The normalized spacial score (nSPS) is 19.7. The number of ether oxygens (including phenoxy) is 1. The first-order chi connectivity index (χ1) is 13.7. The van der Waals surface area contributed by atoms with Gasteiger partial charge in [0.25, 0.3) is 5.91 Å². The molecule has 1 N–H and O–H groups in total. The van der Waals surface area contributed by atoms with Gasteiger partial charge in [0.05, 0.1) is 6.10 Å². The third kappa shape index (κ3) is 4.42. The first-order valence-corrected chi connectivity index (χ1v) is 9.99. The topological polar surface area (TPSA) is 70.6 Å². The summed E-state index contributed by atoms with van der Waals surface area (Å²) in [5, 5.41) is 3.23. The second kappa shape index (κ2) is 8.56. The van der Waals surface area contributed by atoms with Crippen LogP contribution in [-0.2, 0) is 4.74 Å². The average Bonchev–Trinajstić information content (AvgIpc) is 3.26. The van der Waals surface area contributed by atoms with Crippen LogP contribution in [0.25, 0.3) is 0 Å². The standard InChI is InChI=1S/C21H27N5O2/c1-16-14-19(24-21(23-16)22-15-18-8-5-13-28-18)20(27)26-11-9-25(10-12-26)17-6-3-2-4-7-17/h2-4,6-7,14,18H,5,8-13,15H2,1H3,(H,22,23,24). The SMILES string of the molecule is Cc1cc(C(=O)N2CCN(c3ccccc3)CC2)nc(NCC2CCCO2)n1. The van der Waals surface area contributed by atoms with Gasteiger partial charge in [-0.05, 0) is 38.0 Å². The van der Waals surface area contributed by atoms with E-state index in [-0.39, 0.29) is 12.0 Å². The first-order valence-electron chi connectivity index (χ1n) is 9.99. The Kier molecular flexibility index (Phi) is 5.71. The van der Waals surface area contributed by atoms with E-state index >= 15 is 0 Å². The molecule has 3 heterocycles. The van der Waals surface area contributed by atoms with Crippen molar-refractivity contribution in [3.05, 3.63) is 47.8 Å². The number of aromatic nitrogens is 2. The summed E-state index contributed by atoms with van der Waals surface area (Å²) in [7, 11) is 0. The summed E-state index contributed by atoms with van der Waals surface area (Å²) in [4.78, 5) is 26.0. The molecule has 148 valence electrons. The van der Waals surface area contributed by atoms with Crippen LogP contribution in [0.4, 0.5) is 11.6 Å². The predicted octanol–water partition coefficient (Wildman–Crippen LogP) is 2.34. The number of benzene rings is 1. The van der Waals surface area contributed by atoms with Gasteiger partial charge in [0, 0.05) is 50.7 Å². The number of hydrogen-bond donors (Lipinski definition) is 1. The van der Waals surface area contributed by atoms with Crippen molar-refractivity contribution in [1.82, 2.24) is 14.9 Å². The quantitative estimate of drug-likeness (QED) is 0.857. The fourth-order valence-corrected chi connectivity index (χ4v) is 3.74. The molecule has 0 radical (unpaired) electrons. The molecule has 1 amide bonds. The number of carbonyl (C=O) groups excluding carboxylic acids is 1. The lowest BCUT2D eigenvalue weighted by Gasteiger charge is -2.36. The van der Waals surface area contributed by atoms with Gasteiger partial charge in [0.2, 0.25) is 5.95 Å². The van der Waals surface area contributed by atoms with Gasteiger partial charge in [-0.3, -0.25) is 4.79 Å². The van der Waals surface area contributed by atoms with Gasteiger partial charge in [-0.25, -0.2) is 9.97 Å². The molecule has 0 aliphatic carbocycles. The molecule has 1 aromatic heterocycles. The van der Waals surface area contributed by atoms with Crippen LogP contribution < -0.4 is 10.2 Å². The van der Waals surface area contributed by atoms with Crippen molar-refractivity contribution in [2.75, 3.05) is 49.5 Å². The number of piperazine rings is 1. The summed E-state index contributed by atoms with van der Waals surface area (Å²) in [5.74, 6) is 0.472. The minimum Gasteiger partial charge on any atom is -0.376 e. The molecule has 2 aromatic rings. The maximum absolute atomic E-state index is 13.0. The number of aryl methyl sites for hydroxylation is 1. The summed E-state index contributed by atoms with van der Waals surface area (Å²) in [5.41, 5.74) is 2.44. The van der Waals surface area contributed by atoms with Crippen LogP contribution in [-0.4, -0.2) is 66.2 Å². The van der Waals surface area contributed by atoms with Gasteiger partial charge < -0.3 is 19.9 Å². The predicted molar refractivity (Wildman–Crippen MR) is 109 cm³/mol. The van der Waals surface area contributed by atoms with Crippen LogP contribution >= 0.6 is 0 Å². The van der Waals surface area contributed by atoms with Crippen molar-refractivity contribution in [3.8, 4) is 0 Å². The van der Waals surface area contributed by atoms with E-state index in [1.807, 2.05) is 30.0 Å². The van der Waals surface area contributed by atoms with Crippen LogP contribution in [0.3, 0.4) is 0 Å². The van der Waals surface area contributed by atoms with Crippen LogP contribution in [0.5, 0.6) is 0 Å². The Labute approximate surface area is 165 Å². The zero-order chi connectivity index (χ0) is 19.3. The summed E-state index contributed by atoms with van der Waals surface area (Å²) in [6.07, 6.45) is 2.35. The fourth-order valence-electron chi connectivity index (χ4n) is 3.74. The van der Waals surface area contributed by atoms with Gasteiger partial charge in [0.15, 0.2) is 0 Å². The molecule has 7 heteroatoms. The second-order valence-electron chi connectivity index (χ2n) is 7.35. The first kappa shape index (κ1) is 18.7. The van der Waals surface area contributed by atoms with Crippen LogP contribution in [0.1, 0.15) is 29.0 Å². The second-order valence-corrected chi connectivity index (χ2v) is 7.35. The van der Waals surface area contributed by atoms with E-state index in [9.17, 15) is 4.79 Å². The molecule has 2 aliphatic rings. The monoisotopic (exact) mass is 381 g/mol. The van der Waals surface area contributed by atoms with E-state index in [4.69, 9.17) is 4.74 Å². The van der Waals surface area contributed by atoms with Crippen molar-refractivity contribution < 1.29 is 9.53 Å². The Balaban J connectivity index is 1.37. The van der Waals surface area contributed by atoms with E-state index in [0.29, 0.717) is 31.3 Å². The maximum atomic E-state index is 13.0. The summed E-state index contributed by atoms with van der Waals surface area (Å²) >= 11 is 0. The van der Waals surface area contributed by atoms with Gasteiger partial charge in [-0.1, -0.05) is 18.2 Å². The molecule has 2 fully saturated rings. The highest BCUT2D eigenvalue weighted by Crippen LogP contribution is 2.17. The molecule has 1 atom stereocenters. The molecule has 2 aliphatic heterocycles. The maximum Gasteiger partial charge on any atom is 0.272 e. The summed E-state index contributed by atoms with van der Waals surface area (Å²) in [6, 6.07) is 12.1. The highest BCUT2D eigenvalue weighted by molar-refractivity contribution is 5.92. The Morgan fingerprint density at radius 3 is 2.68 bits per heavy atom. The number of nitrogens with zero attached hydrogens (tertiary/aromatic N) is 4. The molecule has 28 heavy (non-hydrogen) atoms. The van der Waals surface area contributed by atoms with Crippen LogP contribution in [0.2, 0.25) is 0 Å². The average molecular weight is 381 g/mol. The number of amides is 1. The molecule has 2 saturated heterocycles. The van der Waals surface area contributed by atoms with Crippen LogP contribution in [0.15, 0.2) is 36.4 Å². The number of rotatable bonds is 5. The lowest BCUT2D eigenvalue weighted by Crippen LogP contribution is -2.49. The molecular weight excluding hydrogens is 354 g/mol. The van der Waals surface area contributed by atoms with Crippen molar-refractivity contribution in [2.45, 2.75) is 25.9 Å². The van der Waals surface area contributed by atoms with E-state index in [1.165, 1.54) is 5.69 Å². The number of nitrogens with one attached hydrogen (secondary N) is 1. The molecule has 0 spiro atoms. The van der Waals surface area contributed by atoms with Crippen molar-refractivity contribution in [1.29, 1.82) is 0 Å². The van der Waals surface area contributed by atoms with E-state index in [0.717, 1.165) is 38.2 Å². The smallest absolute Gasteiger partial charge is 0.272 e. The Morgan fingerprint density at radius 1 is 1.18 bits per heavy atom. The molecule has 4 rings (SSSR count). The number of anilines is 2. The Hall–Kier alpha value is -2.67. The van der Waals surface area contributed by atoms with Gasteiger partial charge in [-0.15, -0.1) is 0 Å². The van der Waals surface area contributed by atoms with E-state index in [1.54, 1.807) is 6.07 Å². The van der Waals surface area contributed by atoms with Gasteiger partial charge in [-0.2, -0.15) is 0 Å². The van der Waals surface area contributed by atoms with Crippen LogP contribution in [0, 0.1) is 6.92 Å². The van der Waals surface area contributed by atoms with E-state index < -0.39 is 0 Å². The largest absolute Gasteiger partial charge is 0.376 e. The Morgan fingerprint density at radius 2 is 1.96 bits per heavy atom. The Bertz CT molecular complexity index is 800. The molecular formula is C21H27N5O2. The zero-order valence-corrected chi connectivity index (χ0v) is 16.3. The third-order valence-electron chi connectivity index (χ3n) is 5.27. The highest BCUT2D eigenvalue weighted by atomic mass is 16.5. The van der Waals surface area contributed by atoms with Crippen molar-refractivity contribution in [3.63, 3.8) is 0 Å². The van der Waals surface area contributed by atoms with E-state index in [2.05, 4.69) is 32.3 Å². The fraction of sp³-hybridized carbons (Fsp3) is 0.476. The number of para-hydroxylation sites is 1. The van der Waals surface area contributed by atoms with Crippen molar-refractivity contribution >= 4 is 17.5 Å². The molecule has 0 bridgehead atoms. The number of hydrogen-bond acceptors (Lipinski definition) is 6. The lowest BCUT2D eigenvalue weighted by molar-refractivity contribution is 0.0740. The third-order valence-corrected chi connectivity index (χ3v) is 5.27. The van der Waals surface area contributed by atoms with Gasteiger partial charge in [0.1, 0.15) is 5.69 Å². The van der Waals surface area contributed by atoms with Gasteiger partial charge >= 0.3 is 0 Å².